The van der Waals surface area contributed by atoms with Gasteiger partial charge in [0.05, 0.1) is 12.7 Å². The smallest absolute Gasteiger partial charge is 0.126 e. The van der Waals surface area contributed by atoms with Crippen LogP contribution in [0.1, 0.15) is 64.5 Å². The van der Waals surface area contributed by atoms with Crippen LogP contribution in [0.3, 0.4) is 0 Å². The molecule has 2 nitrogen and oxygen atoms in total. The third-order valence-electron chi connectivity index (χ3n) is 3.27. The van der Waals surface area contributed by atoms with Crippen molar-refractivity contribution >= 4 is 6.08 Å². The zero-order valence-electron chi connectivity index (χ0n) is 14.4. The van der Waals surface area contributed by atoms with Crippen LogP contribution in [-0.4, -0.2) is 19.3 Å². The zero-order chi connectivity index (χ0) is 15.9. The summed E-state index contributed by atoms with van der Waals surface area (Å²) < 4.78 is 11.1. The molecule has 1 aromatic carbocycles. The summed E-state index contributed by atoms with van der Waals surface area (Å²) in [5.74, 6) is 1.46. The van der Waals surface area contributed by atoms with Crippen LogP contribution in [0.5, 0.6) is 5.75 Å². The maximum Gasteiger partial charge on any atom is 0.126 e. The van der Waals surface area contributed by atoms with Crippen molar-refractivity contribution in [1.29, 1.82) is 0 Å². The highest BCUT2D eigenvalue weighted by atomic mass is 16.5. The molecule has 0 bridgehead atoms. The van der Waals surface area contributed by atoms with Crippen molar-refractivity contribution in [1.82, 2.24) is 0 Å². The van der Waals surface area contributed by atoms with E-state index < -0.39 is 0 Å². The van der Waals surface area contributed by atoms with Gasteiger partial charge in [0.25, 0.3) is 0 Å². The molecule has 0 aliphatic rings. The number of methoxy groups -OCH3 is 1. The van der Waals surface area contributed by atoms with E-state index in [0.29, 0.717) is 5.92 Å². The minimum absolute atomic E-state index is 0.0431. The van der Waals surface area contributed by atoms with E-state index in [-0.39, 0.29) is 5.60 Å². The number of ether oxygens (including phenoxy) is 2. The van der Waals surface area contributed by atoms with Crippen molar-refractivity contribution in [2.45, 2.75) is 59.0 Å². The fourth-order valence-corrected chi connectivity index (χ4v) is 2.03. The molecular weight excluding hydrogens is 260 g/mol. The highest BCUT2D eigenvalue weighted by molar-refractivity contribution is 5.58. The van der Waals surface area contributed by atoms with E-state index >= 15 is 0 Å². The lowest BCUT2D eigenvalue weighted by Crippen LogP contribution is -2.19. The average molecular weight is 290 g/mol. The molecule has 0 unspecified atom stereocenters. The Kier molecular flexibility index (Phi) is 6.97. The molecule has 0 N–H and O–H groups in total. The standard InChI is InChI=1S/C19H30O2/c1-15(2)16-11-12-18(20-6)17(14-16)10-8-7-9-13-21-19(3,4)5/h8,10-12,14-15H,7,9,13H2,1-6H3/b10-8+. The van der Waals surface area contributed by atoms with Crippen molar-refractivity contribution in [2.75, 3.05) is 13.7 Å². The molecule has 0 aliphatic heterocycles. The minimum Gasteiger partial charge on any atom is -0.496 e. The Morgan fingerprint density at radius 2 is 1.90 bits per heavy atom. The van der Waals surface area contributed by atoms with Crippen LogP contribution in [0, 0.1) is 0 Å². The molecule has 0 aromatic heterocycles. The molecule has 21 heavy (non-hydrogen) atoms. The quantitative estimate of drug-likeness (QED) is 0.624. The van der Waals surface area contributed by atoms with E-state index in [9.17, 15) is 0 Å². The summed E-state index contributed by atoms with van der Waals surface area (Å²) in [6.07, 6.45) is 6.42. The first-order chi connectivity index (χ1) is 9.83. The van der Waals surface area contributed by atoms with E-state index in [4.69, 9.17) is 9.47 Å². The Morgan fingerprint density at radius 1 is 1.19 bits per heavy atom. The van der Waals surface area contributed by atoms with Crippen molar-refractivity contribution in [3.63, 3.8) is 0 Å². The molecule has 2 heteroatoms. The van der Waals surface area contributed by atoms with Gasteiger partial charge in [-0.15, -0.1) is 0 Å². The summed E-state index contributed by atoms with van der Waals surface area (Å²) in [5, 5.41) is 0. The molecule has 0 amide bonds. The number of unbranched alkanes of at least 4 members (excludes halogenated alkanes) is 1. The van der Waals surface area contributed by atoms with Gasteiger partial charge in [-0.05, 0) is 57.2 Å². The van der Waals surface area contributed by atoms with Gasteiger partial charge in [-0.1, -0.05) is 32.1 Å². The van der Waals surface area contributed by atoms with Gasteiger partial charge in [0.1, 0.15) is 5.75 Å². The molecule has 0 fully saturated rings. The van der Waals surface area contributed by atoms with E-state index in [1.54, 1.807) is 7.11 Å². The number of benzene rings is 1. The predicted octanol–water partition coefficient (Wildman–Crippen LogP) is 5.43. The van der Waals surface area contributed by atoms with Gasteiger partial charge in [0.2, 0.25) is 0 Å². The summed E-state index contributed by atoms with van der Waals surface area (Å²) in [6, 6.07) is 6.40. The SMILES string of the molecule is COc1ccc(C(C)C)cc1/C=C/CCCOC(C)(C)C. The van der Waals surface area contributed by atoms with Crippen LogP contribution >= 0.6 is 0 Å². The summed E-state index contributed by atoms with van der Waals surface area (Å²) in [6.45, 7) is 11.5. The molecule has 118 valence electrons. The average Bonchev–Trinajstić information content (AvgIpc) is 2.41. The highest BCUT2D eigenvalue weighted by Crippen LogP contribution is 2.25. The minimum atomic E-state index is -0.0431. The number of hydrogen-bond donors (Lipinski definition) is 0. The molecule has 0 radical (unpaired) electrons. The van der Waals surface area contributed by atoms with Crippen molar-refractivity contribution < 1.29 is 9.47 Å². The second kappa shape index (κ2) is 8.23. The highest BCUT2D eigenvalue weighted by Gasteiger charge is 2.08. The van der Waals surface area contributed by atoms with Gasteiger partial charge < -0.3 is 9.47 Å². The Morgan fingerprint density at radius 3 is 2.48 bits per heavy atom. The van der Waals surface area contributed by atoms with Crippen LogP contribution in [0.2, 0.25) is 0 Å². The number of rotatable bonds is 7. The van der Waals surface area contributed by atoms with Gasteiger partial charge in [0, 0.05) is 12.2 Å². The van der Waals surface area contributed by atoms with Crippen LogP contribution in [-0.2, 0) is 4.74 Å². The fraction of sp³-hybridized carbons (Fsp3) is 0.579. The van der Waals surface area contributed by atoms with Crippen LogP contribution < -0.4 is 4.74 Å². The first-order valence-corrected chi connectivity index (χ1v) is 7.82. The van der Waals surface area contributed by atoms with Crippen LogP contribution in [0.4, 0.5) is 0 Å². The molecule has 0 aliphatic carbocycles. The molecule has 0 saturated heterocycles. The first kappa shape index (κ1) is 17.8. The van der Waals surface area contributed by atoms with Gasteiger partial charge in [-0.2, -0.15) is 0 Å². The summed E-state index contributed by atoms with van der Waals surface area (Å²) >= 11 is 0. The summed E-state index contributed by atoms with van der Waals surface area (Å²) in [5.41, 5.74) is 2.45. The summed E-state index contributed by atoms with van der Waals surface area (Å²) in [4.78, 5) is 0. The zero-order valence-corrected chi connectivity index (χ0v) is 14.4. The van der Waals surface area contributed by atoms with Gasteiger partial charge in [-0.3, -0.25) is 0 Å². The lowest BCUT2D eigenvalue weighted by molar-refractivity contribution is -0.00361. The van der Waals surface area contributed by atoms with Gasteiger partial charge in [-0.25, -0.2) is 0 Å². The van der Waals surface area contributed by atoms with Crippen molar-refractivity contribution in [2.24, 2.45) is 0 Å². The monoisotopic (exact) mass is 290 g/mol. The Hall–Kier alpha value is -1.28. The third-order valence-corrected chi connectivity index (χ3v) is 3.27. The topological polar surface area (TPSA) is 18.5 Å². The van der Waals surface area contributed by atoms with E-state index in [0.717, 1.165) is 30.8 Å². The fourth-order valence-electron chi connectivity index (χ4n) is 2.03. The molecule has 0 atom stereocenters. The van der Waals surface area contributed by atoms with Crippen molar-refractivity contribution in [3.05, 3.63) is 35.4 Å². The molecule has 0 saturated carbocycles. The van der Waals surface area contributed by atoms with Gasteiger partial charge >= 0.3 is 0 Å². The largest absolute Gasteiger partial charge is 0.496 e. The number of allylic oxidation sites excluding steroid dienone is 1. The molecule has 0 spiro atoms. The van der Waals surface area contributed by atoms with E-state index in [2.05, 4.69) is 65.0 Å². The first-order valence-electron chi connectivity index (χ1n) is 7.82. The van der Waals surface area contributed by atoms with Gasteiger partial charge in [0.15, 0.2) is 0 Å². The number of hydrogen-bond acceptors (Lipinski definition) is 2. The van der Waals surface area contributed by atoms with Crippen LogP contribution in [0.25, 0.3) is 6.08 Å². The predicted molar refractivity (Wildman–Crippen MR) is 91.1 cm³/mol. The second-order valence-corrected chi connectivity index (χ2v) is 6.66. The lowest BCUT2D eigenvalue weighted by atomic mass is 10.00. The Balaban J connectivity index is 2.56. The van der Waals surface area contributed by atoms with Crippen LogP contribution in [0.15, 0.2) is 24.3 Å². The van der Waals surface area contributed by atoms with E-state index in [1.807, 2.05) is 0 Å². The molecule has 1 rings (SSSR count). The van der Waals surface area contributed by atoms with E-state index in [1.165, 1.54) is 5.56 Å². The maximum absolute atomic E-state index is 5.72. The third kappa shape index (κ3) is 6.81. The molecular formula is C19H30O2. The van der Waals surface area contributed by atoms with Crippen molar-refractivity contribution in [3.8, 4) is 5.75 Å². The maximum atomic E-state index is 5.72. The molecule has 1 aromatic rings. The Labute approximate surface area is 130 Å². The summed E-state index contributed by atoms with van der Waals surface area (Å²) in [7, 11) is 1.72. The molecule has 0 heterocycles. The second-order valence-electron chi connectivity index (χ2n) is 6.66. The lowest BCUT2D eigenvalue weighted by Gasteiger charge is -2.18. The Bertz CT molecular complexity index is 453. The normalized spacial score (nSPS) is 12.3.